The first-order valence-corrected chi connectivity index (χ1v) is 7.19. The lowest BCUT2D eigenvalue weighted by Crippen LogP contribution is -2.33. The molecule has 0 spiro atoms. The number of carboxylic acid groups (broad SMARTS) is 1. The van der Waals surface area contributed by atoms with E-state index in [0.717, 1.165) is 4.90 Å². The van der Waals surface area contributed by atoms with Crippen LogP contribution in [0.3, 0.4) is 0 Å². The van der Waals surface area contributed by atoms with Gasteiger partial charge >= 0.3 is 5.97 Å². The minimum absolute atomic E-state index is 0.104. The molecule has 1 amide bonds. The monoisotopic (exact) mass is 327 g/mol. The third-order valence-electron chi connectivity index (χ3n) is 3.46. The summed E-state index contributed by atoms with van der Waals surface area (Å²) in [5.41, 5.74) is 0.744. The lowest BCUT2D eigenvalue weighted by molar-refractivity contribution is -0.137. The molecule has 1 N–H and O–H groups in total. The highest BCUT2D eigenvalue weighted by Gasteiger charge is 2.22. The molecule has 0 saturated heterocycles. The summed E-state index contributed by atoms with van der Waals surface area (Å²) in [7, 11) is 2.82. The topological polar surface area (TPSA) is 83.9 Å². The molecule has 2 aromatic carbocycles. The van der Waals surface area contributed by atoms with E-state index in [4.69, 9.17) is 9.84 Å². The second-order valence-electron chi connectivity index (χ2n) is 5.16. The van der Waals surface area contributed by atoms with Gasteiger partial charge in [-0.25, -0.2) is 0 Å². The van der Waals surface area contributed by atoms with E-state index in [-0.39, 0.29) is 16.9 Å². The predicted molar refractivity (Wildman–Crippen MR) is 87.5 cm³/mol. The van der Waals surface area contributed by atoms with Crippen LogP contribution in [-0.4, -0.2) is 48.4 Å². The second-order valence-corrected chi connectivity index (χ2v) is 5.16. The van der Waals surface area contributed by atoms with Crippen LogP contribution >= 0.6 is 0 Å². The highest BCUT2D eigenvalue weighted by atomic mass is 16.5. The summed E-state index contributed by atoms with van der Waals surface area (Å²) < 4.78 is 5.11. The quantitative estimate of drug-likeness (QED) is 0.821. The van der Waals surface area contributed by atoms with Crippen molar-refractivity contribution in [3.63, 3.8) is 0 Å². The highest BCUT2D eigenvalue weighted by Crippen LogP contribution is 2.22. The Hall–Kier alpha value is -3.15. The first-order valence-electron chi connectivity index (χ1n) is 7.19. The normalized spacial score (nSPS) is 10.1. The molecule has 6 heteroatoms. The summed E-state index contributed by atoms with van der Waals surface area (Å²) >= 11 is 0. The van der Waals surface area contributed by atoms with E-state index < -0.39 is 18.4 Å². The van der Waals surface area contributed by atoms with Crippen molar-refractivity contribution >= 4 is 17.7 Å². The van der Waals surface area contributed by atoms with Gasteiger partial charge in [-0.1, -0.05) is 30.3 Å². The van der Waals surface area contributed by atoms with Gasteiger partial charge < -0.3 is 14.7 Å². The van der Waals surface area contributed by atoms with Crippen molar-refractivity contribution in [2.45, 2.75) is 0 Å². The fraction of sp³-hybridized carbons (Fsp3) is 0.167. The van der Waals surface area contributed by atoms with E-state index in [9.17, 15) is 14.4 Å². The van der Waals surface area contributed by atoms with Crippen LogP contribution in [-0.2, 0) is 4.79 Å². The van der Waals surface area contributed by atoms with Gasteiger partial charge in [0.15, 0.2) is 5.78 Å². The number of aliphatic carboxylic acids is 1. The van der Waals surface area contributed by atoms with Crippen molar-refractivity contribution in [3.05, 3.63) is 65.2 Å². The molecule has 0 fully saturated rings. The number of carbonyl (C=O) groups is 3. The number of methoxy groups -OCH3 is 1. The number of hydrogen-bond acceptors (Lipinski definition) is 4. The van der Waals surface area contributed by atoms with Crippen LogP contribution in [0.1, 0.15) is 26.3 Å². The molecule has 0 radical (unpaired) electrons. The molecule has 0 atom stereocenters. The Morgan fingerprint density at radius 2 is 1.71 bits per heavy atom. The summed E-state index contributed by atoms with van der Waals surface area (Å²) in [6.07, 6.45) is 0. The fourth-order valence-electron chi connectivity index (χ4n) is 2.25. The molecule has 6 nitrogen and oxygen atoms in total. The number of amides is 1. The lowest BCUT2D eigenvalue weighted by atomic mass is 9.97. The number of carbonyl (C=O) groups excluding carboxylic acids is 2. The molecule has 0 saturated carbocycles. The second kappa shape index (κ2) is 7.41. The summed E-state index contributed by atoms with van der Waals surface area (Å²) in [5, 5.41) is 8.85. The average molecular weight is 327 g/mol. The Morgan fingerprint density at radius 1 is 1.04 bits per heavy atom. The lowest BCUT2D eigenvalue weighted by Gasteiger charge is -2.17. The van der Waals surface area contributed by atoms with Crippen molar-refractivity contribution in [1.29, 1.82) is 0 Å². The van der Waals surface area contributed by atoms with E-state index >= 15 is 0 Å². The third-order valence-corrected chi connectivity index (χ3v) is 3.46. The minimum Gasteiger partial charge on any atom is -0.497 e. The van der Waals surface area contributed by atoms with Gasteiger partial charge in [0.25, 0.3) is 5.91 Å². The maximum atomic E-state index is 12.7. The van der Waals surface area contributed by atoms with Crippen LogP contribution in [0.2, 0.25) is 0 Å². The zero-order valence-corrected chi connectivity index (χ0v) is 13.4. The number of carboxylic acids is 1. The number of benzene rings is 2. The van der Waals surface area contributed by atoms with Crippen LogP contribution in [0.25, 0.3) is 0 Å². The van der Waals surface area contributed by atoms with Gasteiger partial charge in [-0.3, -0.25) is 14.4 Å². The Morgan fingerprint density at radius 3 is 2.29 bits per heavy atom. The third kappa shape index (κ3) is 3.78. The standard InChI is InChI=1S/C18H17NO5/c1-19(11-16(20)21)18(23)15-10-13(24-2)8-9-14(15)17(22)12-6-4-3-5-7-12/h3-10H,11H2,1-2H3,(H,20,21). The molecule has 0 aliphatic carbocycles. The molecule has 2 aromatic rings. The number of rotatable bonds is 6. The van der Waals surface area contributed by atoms with Crippen LogP contribution in [0.4, 0.5) is 0 Å². The van der Waals surface area contributed by atoms with E-state index in [0.29, 0.717) is 11.3 Å². The van der Waals surface area contributed by atoms with E-state index in [1.165, 1.54) is 26.3 Å². The van der Waals surface area contributed by atoms with E-state index in [2.05, 4.69) is 0 Å². The van der Waals surface area contributed by atoms with Gasteiger partial charge in [0.1, 0.15) is 12.3 Å². The Balaban J connectivity index is 2.47. The van der Waals surface area contributed by atoms with Crippen molar-refractivity contribution in [1.82, 2.24) is 4.90 Å². The highest BCUT2D eigenvalue weighted by molar-refractivity contribution is 6.15. The first-order chi connectivity index (χ1) is 11.4. The maximum absolute atomic E-state index is 12.7. The predicted octanol–water partition coefficient (Wildman–Crippen LogP) is 2.08. The molecule has 24 heavy (non-hydrogen) atoms. The Bertz CT molecular complexity index is 770. The average Bonchev–Trinajstić information content (AvgIpc) is 2.60. The first kappa shape index (κ1) is 17.2. The van der Waals surface area contributed by atoms with Crippen molar-refractivity contribution in [2.75, 3.05) is 20.7 Å². The number of likely N-dealkylation sites (N-methyl/N-ethyl adjacent to an activating group) is 1. The van der Waals surface area contributed by atoms with Gasteiger partial charge in [0.2, 0.25) is 0 Å². The molecule has 0 aromatic heterocycles. The Kier molecular flexibility index (Phi) is 5.31. The minimum atomic E-state index is -1.13. The summed E-state index contributed by atoms with van der Waals surface area (Å²) in [6.45, 7) is -0.463. The van der Waals surface area contributed by atoms with Crippen LogP contribution in [0.5, 0.6) is 5.75 Å². The molecule has 2 rings (SSSR count). The zero-order chi connectivity index (χ0) is 17.7. The Labute approximate surface area is 139 Å². The van der Waals surface area contributed by atoms with Crippen LogP contribution in [0, 0.1) is 0 Å². The number of hydrogen-bond donors (Lipinski definition) is 1. The number of ketones is 1. The summed E-state index contributed by atoms with van der Waals surface area (Å²) in [5.74, 6) is -1.60. The van der Waals surface area contributed by atoms with Crippen molar-refractivity contribution < 1.29 is 24.2 Å². The van der Waals surface area contributed by atoms with E-state index in [1.54, 1.807) is 36.4 Å². The summed E-state index contributed by atoms with van der Waals surface area (Å²) in [6, 6.07) is 13.1. The fourth-order valence-corrected chi connectivity index (χ4v) is 2.25. The molecule has 124 valence electrons. The van der Waals surface area contributed by atoms with Crippen LogP contribution in [0.15, 0.2) is 48.5 Å². The molecule has 0 bridgehead atoms. The number of ether oxygens (including phenoxy) is 1. The van der Waals surface area contributed by atoms with E-state index in [1.807, 2.05) is 0 Å². The number of nitrogens with zero attached hydrogens (tertiary/aromatic N) is 1. The SMILES string of the molecule is COc1ccc(C(=O)c2ccccc2)c(C(=O)N(C)CC(=O)O)c1. The molecule has 0 heterocycles. The largest absolute Gasteiger partial charge is 0.497 e. The van der Waals surface area contributed by atoms with Crippen molar-refractivity contribution in [2.24, 2.45) is 0 Å². The maximum Gasteiger partial charge on any atom is 0.323 e. The van der Waals surface area contributed by atoms with Gasteiger partial charge in [0, 0.05) is 18.2 Å². The molecule has 0 unspecified atom stereocenters. The molecule has 0 aliphatic rings. The summed E-state index contributed by atoms with van der Waals surface area (Å²) in [4.78, 5) is 37.1. The van der Waals surface area contributed by atoms with Gasteiger partial charge in [-0.2, -0.15) is 0 Å². The van der Waals surface area contributed by atoms with Crippen LogP contribution < -0.4 is 4.74 Å². The van der Waals surface area contributed by atoms with Crippen molar-refractivity contribution in [3.8, 4) is 5.75 Å². The van der Waals surface area contributed by atoms with Gasteiger partial charge in [-0.15, -0.1) is 0 Å². The molecule has 0 aliphatic heterocycles. The van der Waals surface area contributed by atoms with Gasteiger partial charge in [-0.05, 0) is 18.2 Å². The smallest absolute Gasteiger partial charge is 0.323 e. The molecular weight excluding hydrogens is 310 g/mol. The zero-order valence-electron chi connectivity index (χ0n) is 13.4. The molecular formula is C18H17NO5. The van der Waals surface area contributed by atoms with Gasteiger partial charge in [0.05, 0.1) is 12.7 Å².